The van der Waals surface area contributed by atoms with Crippen LogP contribution in [0.5, 0.6) is 0 Å². The van der Waals surface area contributed by atoms with Gasteiger partial charge in [-0.2, -0.15) is 0 Å². The van der Waals surface area contributed by atoms with Crippen molar-refractivity contribution in [1.82, 2.24) is 0 Å². The van der Waals surface area contributed by atoms with Gasteiger partial charge in [0.15, 0.2) is 6.10 Å². The van der Waals surface area contributed by atoms with Gasteiger partial charge < -0.3 is 9.64 Å². The van der Waals surface area contributed by atoms with Gasteiger partial charge in [-0.05, 0) is 18.6 Å². The Hall–Kier alpha value is -2.37. The molecule has 0 spiro atoms. The van der Waals surface area contributed by atoms with Gasteiger partial charge in [0.25, 0.3) is 0 Å². The van der Waals surface area contributed by atoms with E-state index in [0.29, 0.717) is 22.7 Å². The van der Waals surface area contributed by atoms with Crippen LogP contribution in [0.2, 0.25) is 10.0 Å². The number of amides is 1. The van der Waals surface area contributed by atoms with Gasteiger partial charge in [-0.3, -0.25) is 14.4 Å². The number of halogens is 2. The summed E-state index contributed by atoms with van der Waals surface area (Å²) in [6.07, 6.45) is -0.532. The molecule has 0 aliphatic carbocycles. The molecular formula is C21H19Cl2NO4. The lowest BCUT2D eigenvalue weighted by Crippen LogP contribution is -2.31. The van der Waals surface area contributed by atoms with Crippen molar-refractivity contribution in [2.45, 2.75) is 25.9 Å². The largest absolute Gasteiger partial charge is 0.454 e. The smallest absolute Gasteiger partial charge is 0.312 e. The zero-order chi connectivity index (χ0) is 20.3. The average Bonchev–Trinajstić information content (AvgIpc) is 3.10. The fourth-order valence-electron chi connectivity index (χ4n) is 3.15. The molecule has 2 atom stereocenters. The van der Waals surface area contributed by atoms with Crippen LogP contribution in [-0.2, 0) is 14.3 Å². The summed E-state index contributed by atoms with van der Waals surface area (Å²) in [7, 11) is 0. The lowest BCUT2D eigenvalue weighted by molar-refractivity contribution is -0.151. The van der Waals surface area contributed by atoms with Crippen LogP contribution in [0.1, 0.15) is 30.1 Å². The van der Waals surface area contributed by atoms with Crippen molar-refractivity contribution < 1.29 is 19.1 Å². The van der Waals surface area contributed by atoms with Crippen LogP contribution in [0.15, 0.2) is 48.5 Å². The van der Waals surface area contributed by atoms with Crippen LogP contribution in [0.3, 0.4) is 0 Å². The van der Waals surface area contributed by atoms with E-state index in [-0.39, 0.29) is 29.7 Å². The Balaban J connectivity index is 1.70. The van der Waals surface area contributed by atoms with Crippen LogP contribution in [0, 0.1) is 5.92 Å². The third-order valence-corrected chi connectivity index (χ3v) is 5.47. The molecule has 1 aliphatic rings. The maximum absolute atomic E-state index is 12.6. The molecule has 3 rings (SSSR count). The predicted molar refractivity (Wildman–Crippen MR) is 108 cm³/mol. The number of nitrogens with zero attached hydrogens (tertiary/aromatic N) is 1. The van der Waals surface area contributed by atoms with Crippen LogP contribution < -0.4 is 4.90 Å². The van der Waals surface area contributed by atoms with Crippen molar-refractivity contribution in [2.75, 3.05) is 11.4 Å². The summed E-state index contributed by atoms with van der Waals surface area (Å²) < 4.78 is 5.46. The number of ketones is 1. The molecule has 1 fully saturated rings. The molecule has 0 aromatic heterocycles. The molecule has 1 amide bonds. The number of benzene rings is 2. The van der Waals surface area contributed by atoms with Crippen LogP contribution in [0.25, 0.3) is 0 Å². The highest BCUT2D eigenvalue weighted by molar-refractivity contribution is 6.44. The molecule has 7 heteroatoms. The Bertz CT molecular complexity index is 901. The summed E-state index contributed by atoms with van der Waals surface area (Å²) in [5.41, 5.74) is 0.943. The second-order valence-electron chi connectivity index (χ2n) is 6.54. The minimum atomic E-state index is -0.881. The van der Waals surface area contributed by atoms with Crippen molar-refractivity contribution in [3.05, 3.63) is 64.1 Å². The topological polar surface area (TPSA) is 63.7 Å². The monoisotopic (exact) mass is 419 g/mol. The first-order valence-corrected chi connectivity index (χ1v) is 9.72. The minimum absolute atomic E-state index is 0.00234. The van der Waals surface area contributed by atoms with E-state index in [1.54, 1.807) is 49.4 Å². The molecule has 5 nitrogen and oxygen atoms in total. The summed E-state index contributed by atoms with van der Waals surface area (Å²) in [5.74, 6) is -1.73. The van der Waals surface area contributed by atoms with Gasteiger partial charge in [-0.1, -0.05) is 66.5 Å². The summed E-state index contributed by atoms with van der Waals surface area (Å²) in [5, 5.41) is 0.592. The number of rotatable bonds is 6. The summed E-state index contributed by atoms with van der Waals surface area (Å²) >= 11 is 12.2. The van der Waals surface area contributed by atoms with Gasteiger partial charge >= 0.3 is 5.97 Å². The molecule has 1 aliphatic heterocycles. The number of carbonyl (C=O) groups excluding carboxylic acids is 3. The molecule has 28 heavy (non-hydrogen) atoms. The zero-order valence-electron chi connectivity index (χ0n) is 15.2. The molecule has 1 heterocycles. The maximum Gasteiger partial charge on any atom is 0.312 e. The van der Waals surface area contributed by atoms with Crippen LogP contribution in [0.4, 0.5) is 5.69 Å². The van der Waals surface area contributed by atoms with E-state index < -0.39 is 18.0 Å². The Morgan fingerprint density at radius 1 is 1.14 bits per heavy atom. The lowest BCUT2D eigenvalue weighted by atomic mass is 10.0. The quantitative estimate of drug-likeness (QED) is 0.508. The Labute approximate surface area is 173 Å². The minimum Gasteiger partial charge on any atom is -0.454 e. The third-order valence-electron chi connectivity index (χ3n) is 4.66. The number of hydrogen-bond donors (Lipinski definition) is 0. The second kappa shape index (κ2) is 8.76. The maximum atomic E-state index is 12.6. The SMILES string of the molecule is CC[C@H](OC(=O)[C@H]1CC(=O)N(c2cccc(Cl)c2Cl)C1)C(=O)c1ccccc1. The van der Waals surface area contributed by atoms with Gasteiger partial charge in [0.2, 0.25) is 11.7 Å². The van der Waals surface area contributed by atoms with Crippen molar-refractivity contribution in [3.8, 4) is 0 Å². The summed E-state index contributed by atoms with van der Waals surface area (Å²) in [6.45, 7) is 1.91. The summed E-state index contributed by atoms with van der Waals surface area (Å²) in [4.78, 5) is 39.0. The number of carbonyl (C=O) groups is 3. The highest BCUT2D eigenvalue weighted by atomic mass is 35.5. The van der Waals surface area contributed by atoms with Gasteiger partial charge in [0.1, 0.15) is 0 Å². The van der Waals surface area contributed by atoms with E-state index in [9.17, 15) is 14.4 Å². The van der Waals surface area contributed by atoms with Gasteiger partial charge in [0, 0.05) is 18.5 Å². The lowest BCUT2D eigenvalue weighted by Gasteiger charge is -2.20. The Morgan fingerprint density at radius 2 is 1.86 bits per heavy atom. The molecule has 0 unspecified atom stereocenters. The molecular weight excluding hydrogens is 401 g/mol. The molecule has 2 aromatic carbocycles. The second-order valence-corrected chi connectivity index (χ2v) is 7.33. The highest BCUT2D eigenvalue weighted by Gasteiger charge is 2.38. The fraction of sp³-hybridized carbons (Fsp3) is 0.286. The first-order valence-electron chi connectivity index (χ1n) is 8.96. The van der Waals surface area contributed by atoms with Crippen LogP contribution in [-0.4, -0.2) is 30.3 Å². The van der Waals surface area contributed by atoms with E-state index in [1.165, 1.54) is 4.90 Å². The Kier molecular flexibility index (Phi) is 6.37. The molecule has 0 saturated carbocycles. The highest BCUT2D eigenvalue weighted by Crippen LogP contribution is 2.36. The van der Waals surface area contributed by atoms with Crippen molar-refractivity contribution in [2.24, 2.45) is 5.92 Å². The standard InChI is InChI=1S/C21H19Cl2NO4/c1-2-17(20(26)13-7-4-3-5-8-13)28-21(27)14-11-18(25)24(12-14)16-10-6-9-15(22)19(16)23/h3-10,14,17H,2,11-12H2,1H3/t14-,17-/m0/s1. The van der Waals surface area contributed by atoms with E-state index in [4.69, 9.17) is 27.9 Å². The van der Waals surface area contributed by atoms with E-state index in [2.05, 4.69) is 0 Å². The number of hydrogen-bond acceptors (Lipinski definition) is 4. The number of Topliss-reactive ketones (excluding diaryl/α,β-unsaturated/α-hetero) is 1. The van der Waals surface area contributed by atoms with Gasteiger partial charge in [0.05, 0.1) is 21.7 Å². The first-order chi connectivity index (χ1) is 13.4. The fourth-order valence-corrected chi connectivity index (χ4v) is 3.54. The van der Waals surface area contributed by atoms with Crippen molar-refractivity contribution in [1.29, 1.82) is 0 Å². The van der Waals surface area contributed by atoms with Gasteiger partial charge in [-0.25, -0.2) is 0 Å². The van der Waals surface area contributed by atoms with Crippen LogP contribution >= 0.6 is 23.2 Å². The number of ether oxygens (including phenoxy) is 1. The average molecular weight is 420 g/mol. The molecule has 1 saturated heterocycles. The Morgan fingerprint density at radius 3 is 2.54 bits per heavy atom. The van der Waals surface area contributed by atoms with E-state index in [1.807, 2.05) is 6.07 Å². The molecule has 146 valence electrons. The summed E-state index contributed by atoms with van der Waals surface area (Å²) in [6, 6.07) is 13.7. The first kappa shape index (κ1) is 20.4. The van der Waals surface area contributed by atoms with Gasteiger partial charge in [-0.15, -0.1) is 0 Å². The third kappa shape index (κ3) is 4.21. The predicted octanol–water partition coefficient (Wildman–Crippen LogP) is 4.55. The normalized spacial score (nSPS) is 17.5. The van der Waals surface area contributed by atoms with E-state index in [0.717, 1.165) is 0 Å². The van der Waals surface area contributed by atoms with Crippen molar-refractivity contribution >= 4 is 46.5 Å². The molecule has 0 bridgehead atoms. The number of anilines is 1. The molecule has 2 aromatic rings. The van der Waals surface area contributed by atoms with E-state index >= 15 is 0 Å². The van der Waals surface area contributed by atoms with Crippen molar-refractivity contribution in [3.63, 3.8) is 0 Å². The zero-order valence-corrected chi connectivity index (χ0v) is 16.7. The number of esters is 1. The molecule has 0 radical (unpaired) electrons. The molecule has 0 N–H and O–H groups in total.